The molecular formula is C11H11Cl2NOS. The van der Waals surface area contributed by atoms with Gasteiger partial charge in [-0.25, -0.2) is 0 Å². The van der Waals surface area contributed by atoms with Crippen molar-refractivity contribution in [3.8, 4) is 5.75 Å². The molecule has 2 aromatic rings. The first-order valence-electron chi connectivity index (χ1n) is 4.46. The summed E-state index contributed by atoms with van der Waals surface area (Å²) in [6.07, 6.45) is 0. The minimum atomic E-state index is -0.316. The second-order valence-corrected chi connectivity index (χ2v) is 4.61. The number of phenolic OH excluding ortho intramolecular Hbond substituents is 1. The summed E-state index contributed by atoms with van der Waals surface area (Å²) in [7, 11) is 0. The van der Waals surface area contributed by atoms with Crippen LogP contribution in [-0.2, 0) is 0 Å². The number of thiophene rings is 1. The fourth-order valence-electron chi connectivity index (χ4n) is 1.40. The Morgan fingerprint density at radius 2 is 2.06 bits per heavy atom. The molecule has 86 valence electrons. The number of aromatic hydroxyl groups is 1. The molecule has 0 aliphatic carbocycles. The van der Waals surface area contributed by atoms with Gasteiger partial charge in [0.15, 0.2) is 0 Å². The lowest BCUT2D eigenvalue weighted by Gasteiger charge is -2.12. The van der Waals surface area contributed by atoms with Gasteiger partial charge in [-0.2, -0.15) is 0 Å². The highest BCUT2D eigenvalue weighted by molar-refractivity contribution is 7.10. The van der Waals surface area contributed by atoms with E-state index >= 15 is 0 Å². The minimum Gasteiger partial charge on any atom is -0.508 e. The zero-order chi connectivity index (χ0) is 10.8. The first-order chi connectivity index (χ1) is 7.18. The number of hydrogen-bond acceptors (Lipinski definition) is 3. The van der Waals surface area contributed by atoms with Crippen molar-refractivity contribution in [3.63, 3.8) is 0 Å². The van der Waals surface area contributed by atoms with E-state index in [-0.39, 0.29) is 24.2 Å². The average Bonchev–Trinajstić information content (AvgIpc) is 2.74. The molecule has 2 nitrogen and oxygen atoms in total. The van der Waals surface area contributed by atoms with Crippen LogP contribution in [0.2, 0.25) is 5.02 Å². The molecular weight excluding hydrogens is 265 g/mol. The number of phenols is 1. The quantitative estimate of drug-likeness (QED) is 0.880. The third-order valence-electron chi connectivity index (χ3n) is 2.17. The van der Waals surface area contributed by atoms with Gasteiger partial charge in [0.05, 0.1) is 6.04 Å². The van der Waals surface area contributed by atoms with E-state index in [2.05, 4.69) is 0 Å². The van der Waals surface area contributed by atoms with Crippen molar-refractivity contribution in [2.24, 2.45) is 5.73 Å². The molecule has 16 heavy (non-hydrogen) atoms. The molecule has 0 radical (unpaired) electrons. The van der Waals surface area contributed by atoms with Crippen LogP contribution in [0.15, 0.2) is 35.7 Å². The van der Waals surface area contributed by atoms with Crippen molar-refractivity contribution in [2.45, 2.75) is 6.04 Å². The number of benzene rings is 1. The summed E-state index contributed by atoms with van der Waals surface area (Å²) < 4.78 is 0. The molecule has 0 saturated carbocycles. The average molecular weight is 276 g/mol. The fraction of sp³-hybridized carbons (Fsp3) is 0.0909. The smallest absolute Gasteiger partial charge is 0.120 e. The Hall–Kier alpha value is -0.740. The highest BCUT2D eigenvalue weighted by atomic mass is 35.5. The van der Waals surface area contributed by atoms with E-state index in [1.54, 1.807) is 29.5 Å². The largest absolute Gasteiger partial charge is 0.508 e. The molecule has 0 aliphatic rings. The van der Waals surface area contributed by atoms with Gasteiger partial charge in [0.2, 0.25) is 0 Å². The summed E-state index contributed by atoms with van der Waals surface area (Å²) in [6, 6.07) is 8.45. The van der Waals surface area contributed by atoms with Crippen molar-refractivity contribution in [1.29, 1.82) is 0 Å². The molecule has 0 spiro atoms. The number of rotatable bonds is 2. The zero-order valence-corrected chi connectivity index (χ0v) is 10.6. The van der Waals surface area contributed by atoms with Gasteiger partial charge in [-0.1, -0.05) is 17.7 Å². The second-order valence-electron chi connectivity index (χ2n) is 3.20. The summed E-state index contributed by atoms with van der Waals surface area (Å²) in [5.74, 6) is 0.181. The molecule has 2 rings (SSSR count). The fourth-order valence-corrected chi connectivity index (χ4v) is 2.32. The van der Waals surface area contributed by atoms with Crippen LogP contribution in [0.1, 0.15) is 16.5 Å². The Kier molecular flexibility index (Phi) is 4.62. The summed E-state index contributed by atoms with van der Waals surface area (Å²) in [5, 5.41) is 12.2. The molecule has 0 unspecified atom stereocenters. The molecule has 1 heterocycles. The maximum Gasteiger partial charge on any atom is 0.120 e. The number of nitrogens with two attached hydrogens (primary N) is 1. The van der Waals surface area contributed by atoms with Crippen LogP contribution in [0.5, 0.6) is 5.75 Å². The van der Waals surface area contributed by atoms with Crippen molar-refractivity contribution in [3.05, 3.63) is 51.2 Å². The maximum absolute atomic E-state index is 9.67. The van der Waals surface area contributed by atoms with E-state index in [9.17, 15) is 5.11 Å². The Morgan fingerprint density at radius 3 is 2.69 bits per heavy atom. The van der Waals surface area contributed by atoms with Gasteiger partial charge in [-0.05, 0) is 29.6 Å². The topological polar surface area (TPSA) is 46.2 Å². The Bertz CT molecular complexity index is 459. The van der Waals surface area contributed by atoms with Crippen LogP contribution in [0, 0.1) is 0 Å². The van der Waals surface area contributed by atoms with Gasteiger partial charge in [0.1, 0.15) is 5.75 Å². The molecule has 1 aromatic carbocycles. The normalized spacial score (nSPS) is 11.9. The highest BCUT2D eigenvalue weighted by Crippen LogP contribution is 2.31. The van der Waals surface area contributed by atoms with Crippen LogP contribution in [0.4, 0.5) is 0 Å². The Morgan fingerprint density at radius 1 is 1.31 bits per heavy atom. The van der Waals surface area contributed by atoms with Crippen LogP contribution in [0.3, 0.4) is 0 Å². The second kappa shape index (κ2) is 5.55. The minimum absolute atomic E-state index is 0. The molecule has 0 bridgehead atoms. The van der Waals surface area contributed by atoms with Gasteiger partial charge in [0.25, 0.3) is 0 Å². The van der Waals surface area contributed by atoms with Crippen molar-refractivity contribution in [1.82, 2.24) is 0 Å². The molecule has 0 aliphatic heterocycles. The van der Waals surface area contributed by atoms with Crippen LogP contribution < -0.4 is 5.73 Å². The third kappa shape index (κ3) is 2.68. The van der Waals surface area contributed by atoms with E-state index in [0.717, 1.165) is 4.88 Å². The van der Waals surface area contributed by atoms with Crippen LogP contribution in [0.25, 0.3) is 0 Å². The molecule has 0 fully saturated rings. The van der Waals surface area contributed by atoms with E-state index in [1.165, 1.54) is 0 Å². The Labute approximate surface area is 109 Å². The van der Waals surface area contributed by atoms with Gasteiger partial charge in [-0.3, -0.25) is 0 Å². The zero-order valence-electron chi connectivity index (χ0n) is 8.26. The summed E-state index contributed by atoms with van der Waals surface area (Å²) >= 11 is 7.42. The standard InChI is InChI=1S/C11H10ClNOS.ClH/c12-7-3-4-9(14)8(6-7)11(13)10-2-1-5-15-10;/h1-6,11,14H,13H2;1H/t11-;/m0./s1. The molecule has 5 heteroatoms. The first kappa shape index (κ1) is 13.3. The Balaban J connectivity index is 0.00000128. The molecule has 1 aromatic heterocycles. The molecule has 0 saturated heterocycles. The predicted molar refractivity (Wildman–Crippen MR) is 70.7 cm³/mol. The third-order valence-corrected chi connectivity index (χ3v) is 3.36. The van der Waals surface area contributed by atoms with Crippen LogP contribution >= 0.6 is 35.3 Å². The monoisotopic (exact) mass is 275 g/mol. The first-order valence-corrected chi connectivity index (χ1v) is 5.71. The maximum atomic E-state index is 9.67. The van der Waals surface area contributed by atoms with Crippen LogP contribution in [-0.4, -0.2) is 5.11 Å². The SMILES string of the molecule is Cl.N[C@H](c1cccs1)c1cc(Cl)ccc1O. The number of hydrogen-bond donors (Lipinski definition) is 2. The molecule has 0 amide bonds. The summed E-state index contributed by atoms with van der Waals surface area (Å²) in [4.78, 5) is 1.01. The highest BCUT2D eigenvalue weighted by Gasteiger charge is 2.14. The van der Waals surface area contributed by atoms with Gasteiger partial charge < -0.3 is 10.8 Å². The van der Waals surface area contributed by atoms with E-state index in [0.29, 0.717) is 10.6 Å². The van der Waals surface area contributed by atoms with E-state index < -0.39 is 0 Å². The van der Waals surface area contributed by atoms with Gasteiger partial charge in [0, 0.05) is 15.5 Å². The summed E-state index contributed by atoms with van der Waals surface area (Å²) in [6.45, 7) is 0. The van der Waals surface area contributed by atoms with Crippen molar-refractivity contribution < 1.29 is 5.11 Å². The van der Waals surface area contributed by atoms with E-state index in [1.807, 2.05) is 17.5 Å². The van der Waals surface area contributed by atoms with Crippen molar-refractivity contribution in [2.75, 3.05) is 0 Å². The lowest BCUT2D eigenvalue weighted by molar-refractivity contribution is 0.465. The lowest BCUT2D eigenvalue weighted by atomic mass is 10.1. The number of halogens is 2. The van der Waals surface area contributed by atoms with Gasteiger partial charge in [-0.15, -0.1) is 23.7 Å². The van der Waals surface area contributed by atoms with Gasteiger partial charge >= 0.3 is 0 Å². The predicted octanol–water partition coefficient (Wildman–Crippen LogP) is 3.58. The summed E-state index contributed by atoms with van der Waals surface area (Å²) in [5.41, 5.74) is 6.68. The van der Waals surface area contributed by atoms with E-state index in [4.69, 9.17) is 17.3 Å². The van der Waals surface area contributed by atoms with Crippen molar-refractivity contribution >= 4 is 35.3 Å². The molecule has 1 atom stereocenters. The molecule has 3 N–H and O–H groups in total. The lowest BCUT2D eigenvalue weighted by Crippen LogP contribution is -2.10.